The molecule has 5 nitrogen and oxygen atoms in total. The van der Waals surface area contributed by atoms with Gasteiger partial charge in [-0.05, 0) is 19.9 Å². The maximum Gasteiger partial charge on any atom is 0.251 e. The first-order chi connectivity index (χ1) is 7.81. The number of rotatable bonds is 3. The molecule has 2 fully saturated rings. The molecule has 2 saturated heterocycles. The van der Waals surface area contributed by atoms with Crippen LogP contribution in [0.2, 0.25) is 0 Å². The molecule has 1 amide bonds. The van der Waals surface area contributed by atoms with Gasteiger partial charge in [0.15, 0.2) is 0 Å². The molecule has 92 valence electrons. The predicted octanol–water partition coefficient (Wildman–Crippen LogP) is -0.388. The normalized spacial score (nSPS) is 30.7. The molecule has 2 rings (SSSR count). The van der Waals surface area contributed by atoms with Crippen molar-refractivity contribution < 1.29 is 14.3 Å². The molecule has 5 heteroatoms. The molecule has 0 aromatic rings. The third kappa shape index (κ3) is 2.72. The summed E-state index contributed by atoms with van der Waals surface area (Å²) in [5.41, 5.74) is 0. The SMILES string of the molecule is CNCC1CN(C(=O)[C@@H]2CCCO2)CCO1. The van der Waals surface area contributed by atoms with E-state index in [0.29, 0.717) is 19.7 Å². The topological polar surface area (TPSA) is 50.8 Å². The summed E-state index contributed by atoms with van der Waals surface area (Å²) in [7, 11) is 1.89. The fraction of sp³-hybridized carbons (Fsp3) is 0.909. The minimum Gasteiger partial charge on any atom is -0.373 e. The van der Waals surface area contributed by atoms with Crippen LogP contribution < -0.4 is 5.32 Å². The molecule has 2 aliphatic rings. The van der Waals surface area contributed by atoms with Gasteiger partial charge in [-0.15, -0.1) is 0 Å². The van der Waals surface area contributed by atoms with Crippen molar-refractivity contribution in [3.05, 3.63) is 0 Å². The Balaban J connectivity index is 1.85. The van der Waals surface area contributed by atoms with Crippen molar-refractivity contribution in [2.24, 2.45) is 0 Å². The maximum absolute atomic E-state index is 12.1. The zero-order chi connectivity index (χ0) is 11.4. The number of morpholine rings is 1. The molecule has 0 aliphatic carbocycles. The Labute approximate surface area is 96.1 Å². The Kier molecular flexibility index (Phi) is 4.15. The van der Waals surface area contributed by atoms with Crippen molar-refractivity contribution >= 4 is 5.91 Å². The van der Waals surface area contributed by atoms with Gasteiger partial charge in [-0.3, -0.25) is 4.79 Å². The Hall–Kier alpha value is -0.650. The van der Waals surface area contributed by atoms with E-state index < -0.39 is 0 Å². The van der Waals surface area contributed by atoms with E-state index in [9.17, 15) is 4.79 Å². The van der Waals surface area contributed by atoms with Crippen LogP contribution in [0.15, 0.2) is 0 Å². The van der Waals surface area contributed by atoms with Gasteiger partial charge in [0.25, 0.3) is 5.91 Å². The minimum absolute atomic E-state index is 0.115. The third-order valence-electron chi connectivity index (χ3n) is 3.09. The Morgan fingerprint density at radius 3 is 3.00 bits per heavy atom. The van der Waals surface area contributed by atoms with Gasteiger partial charge in [-0.2, -0.15) is 0 Å². The molecule has 0 spiro atoms. The molecule has 0 bridgehead atoms. The summed E-state index contributed by atoms with van der Waals surface area (Å²) < 4.78 is 11.0. The monoisotopic (exact) mass is 228 g/mol. The van der Waals surface area contributed by atoms with Crippen LogP contribution in [0.5, 0.6) is 0 Å². The van der Waals surface area contributed by atoms with Crippen LogP contribution >= 0.6 is 0 Å². The van der Waals surface area contributed by atoms with Crippen molar-refractivity contribution in [2.75, 3.05) is 39.9 Å². The Morgan fingerprint density at radius 1 is 1.44 bits per heavy atom. The highest BCUT2D eigenvalue weighted by atomic mass is 16.5. The number of carbonyl (C=O) groups is 1. The summed E-state index contributed by atoms with van der Waals surface area (Å²) in [6, 6.07) is 0. The molecule has 1 unspecified atom stereocenters. The largest absolute Gasteiger partial charge is 0.373 e. The molecule has 0 aromatic heterocycles. The number of amides is 1. The average Bonchev–Trinajstić information content (AvgIpc) is 2.82. The Bertz CT molecular complexity index is 239. The molecule has 16 heavy (non-hydrogen) atoms. The van der Waals surface area contributed by atoms with E-state index in [0.717, 1.165) is 26.0 Å². The summed E-state index contributed by atoms with van der Waals surface area (Å²) in [5.74, 6) is 0.141. The fourth-order valence-electron chi connectivity index (χ4n) is 2.25. The summed E-state index contributed by atoms with van der Waals surface area (Å²) in [4.78, 5) is 14.0. The minimum atomic E-state index is -0.201. The van der Waals surface area contributed by atoms with Crippen molar-refractivity contribution in [2.45, 2.75) is 25.0 Å². The van der Waals surface area contributed by atoms with Crippen LogP contribution in [0.3, 0.4) is 0 Å². The van der Waals surface area contributed by atoms with Crippen LogP contribution in [0.25, 0.3) is 0 Å². The molecule has 2 heterocycles. The van der Waals surface area contributed by atoms with Gasteiger partial charge in [0.2, 0.25) is 0 Å². The lowest BCUT2D eigenvalue weighted by Crippen LogP contribution is -2.51. The van der Waals surface area contributed by atoms with Crippen molar-refractivity contribution in [1.82, 2.24) is 10.2 Å². The lowest BCUT2D eigenvalue weighted by molar-refractivity contribution is -0.148. The fourth-order valence-corrected chi connectivity index (χ4v) is 2.25. The first-order valence-corrected chi connectivity index (χ1v) is 5.98. The van der Waals surface area contributed by atoms with Crippen LogP contribution in [-0.2, 0) is 14.3 Å². The summed E-state index contributed by atoms with van der Waals surface area (Å²) in [6.45, 7) is 3.51. The molecule has 2 aliphatic heterocycles. The number of likely N-dealkylation sites (N-methyl/N-ethyl adjacent to an activating group) is 1. The summed E-state index contributed by atoms with van der Waals surface area (Å²) in [5, 5.41) is 3.07. The lowest BCUT2D eigenvalue weighted by atomic mass is 10.2. The Morgan fingerprint density at radius 2 is 2.31 bits per heavy atom. The van der Waals surface area contributed by atoms with Crippen LogP contribution in [0, 0.1) is 0 Å². The number of ether oxygens (including phenoxy) is 2. The van der Waals surface area contributed by atoms with Crippen LogP contribution in [-0.4, -0.2) is 62.9 Å². The van der Waals surface area contributed by atoms with Gasteiger partial charge in [0, 0.05) is 26.2 Å². The molecule has 0 aromatic carbocycles. The van der Waals surface area contributed by atoms with E-state index in [1.165, 1.54) is 0 Å². The van der Waals surface area contributed by atoms with E-state index >= 15 is 0 Å². The highest BCUT2D eigenvalue weighted by Gasteiger charge is 2.31. The average molecular weight is 228 g/mol. The second-order valence-corrected chi connectivity index (χ2v) is 4.34. The third-order valence-corrected chi connectivity index (χ3v) is 3.09. The van der Waals surface area contributed by atoms with E-state index in [1.807, 2.05) is 11.9 Å². The number of hydrogen-bond acceptors (Lipinski definition) is 4. The highest BCUT2D eigenvalue weighted by Crippen LogP contribution is 2.16. The molecular formula is C11H20N2O3. The van der Waals surface area contributed by atoms with Gasteiger partial charge >= 0.3 is 0 Å². The first kappa shape index (κ1) is 11.8. The van der Waals surface area contributed by atoms with E-state index in [1.54, 1.807) is 0 Å². The van der Waals surface area contributed by atoms with Gasteiger partial charge in [0.05, 0.1) is 12.7 Å². The molecule has 0 radical (unpaired) electrons. The zero-order valence-corrected chi connectivity index (χ0v) is 9.78. The second-order valence-electron chi connectivity index (χ2n) is 4.34. The molecular weight excluding hydrogens is 208 g/mol. The number of nitrogens with zero attached hydrogens (tertiary/aromatic N) is 1. The number of nitrogens with one attached hydrogen (secondary N) is 1. The zero-order valence-electron chi connectivity index (χ0n) is 9.78. The molecule has 0 saturated carbocycles. The van der Waals surface area contributed by atoms with E-state index in [2.05, 4.69) is 5.32 Å². The number of hydrogen-bond donors (Lipinski definition) is 1. The summed E-state index contributed by atoms with van der Waals surface area (Å²) >= 11 is 0. The summed E-state index contributed by atoms with van der Waals surface area (Å²) in [6.07, 6.45) is 1.78. The quantitative estimate of drug-likeness (QED) is 0.715. The molecule has 1 N–H and O–H groups in total. The van der Waals surface area contributed by atoms with Gasteiger partial charge in [0.1, 0.15) is 6.10 Å². The number of carbonyl (C=O) groups excluding carboxylic acids is 1. The predicted molar refractivity (Wildman–Crippen MR) is 59.2 cm³/mol. The second kappa shape index (κ2) is 5.61. The van der Waals surface area contributed by atoms with Crippen LogP contribution in [0.4, 0.5) is 0 Å². The van der Waals surface area contributed by atoms with Crippen molar-refractivity contribution in [3.8, 4) is 0 Å². The standard InChI is InChI=1S/C11H20N2O3/c1-12-7-9-8-13(4-6-15-9)11(14)10-3-2-5-16-10/h9-10,12H,2-8H2,1H3/t9?,10-/m0/s1. The van der Waals surface area contributed by atoms with Crippen LogP contribution in [0.1, 0.15) is 12.8 Å². The van der Waals surface area contributed by atoms with Gasteiger partial charge < -0.3 is 19.7 Å². The smallest absolute Gasteiger partial charge is 0.251 e. The van der Waals surface area contributed by atoms with Crippen molar-refractivity contribution in [3.63, 3.8) is 0 Å². The highest BCUT2D eigenvalue weighted by molar-refractivity contribution is 5.81. The first-order valence-electron chi connectivity index (χ1n) is 5.98. The van der Waals surface area contributed by atoms with Gasteiger partial charge in [-0.25, -0.2) is 0 Å². The van der Waals surface area contributed by atoms with E-state index in [4.69, 9.17) is 9.47 Å². The van der Waals surface area contributed by atoms with Crippen molar-refractivity contribution in [1.29, 1.82) is 0 Å². The lowest BCUT2D eigenvalue weighted by Gasteiger charge is -2.34. The van der Waals surface area contributed by atoms with E-state index in [-0.39, 0.29) is 18.1 Å². The maximum atomic E-state index is 12.1. The van der Waals surface area contributed by atoms with Gasteiger partial charge in [-0.1, -0.05) is 0 Å². The molecule has 2 atom stereocenters.